The fourth-order valence-electron chi connectivity index (χ4n) is 2.53. The Bertz CT molecular complexity index is 502. The lowest BCUT2D eigenvalue weighted by Gasteiger charge is -2.26. The Kier molecular flexibility index (Phi) is 3.00. The van der Waals surface area contributed by atoms with E-state index < -0.39 is 0 Å². The number of aryl methyl sites for hydroxylation is 1. The van der Waals surface area contributed by atoms with Crippen molar-refractivity contribution in [1.82, 2.24) is 5.32 Å². The van der Waals surface area contributed by atoms with E-state index in [1.54, 1.807) is 0 Å². The molecule has 1 aliphatic rings. The number of hydrogen-bond donors (Lipinski definition) is 1. The lowest BCUT2D eigenvalue weighted by molar-refractivity contribution is 0.574. The summed E-state index contributed by atoms with van der Waals surface area (Å²) in [5, 5.41) is 5.80. The van der Waals surface area contributed by atoms with E-state index in [1.807, 2.05) is 11.3 Å². The Morgan fingerprint density at radius 2 is 2.29 bits per heavy atom. The van der Waals surface area contributed by atoms with Crippen LogP contribution < -0.4 is 5.32 Å². The second kappa shape index (κ2) is 4.63. The van der Waals surface area contributed by atoms with Crippen LogP contribution in [0.25, 0.3) is 0 Å². The topological polar surface area (TPSA) is 12.0 Å². The summed E-state index contributed by atoms with van der Waals surface area (Å²) in [6.45, 7) is 3.30. The third-order valence-corrected chi connectivity index (χ3v) is 4.44. The van der Waals surface area contributed by atoms with E-state index in [4.69, 9.17) is 0 Å². The number of fused-ring (bicyclic) bond motifs is 1. The lowest BCUT2D eigenvalue weighted by atomic mass is 9.91. The molecule has 3 rings (SSSR count). The molecule has 1 aromatic carbocycles. The molecular formula is C15H17NS. The quantitative estimate of drug-likeness (QED) is 0.850. The van der Waals surface area contributed by atoms with Crippen molar-refractivity contribution < 1.29 is 0 Å². The molecule has 2 heterocycles. The summed E-state index contributed by atoms with van der Waals surface area (Å²) < 4.78 is 0. The SMILES string of the molecule is CCc1ccc2c(c1)C(c1cccs1)NCC2. The average Bonchev–Trinajstić information content (AvgIpc) is 2.91. The van der Waals surface area contributed by atoms with Gasteiger partial charge in [-0.1, -0.05) is 31.2 Å². The third-order valence-electron chi connectivity index (χ3n) is 3.50. The van der Waals surface area contributed by atoms with Gasteiger partial charge in [0.1, 0.15) is 0 Å². The summed E-state index contributed by atoms with van der Waals surface area (Å²) in [6, 6.07) is 11.7. The molecule has 2 heteroatoms. The van der Waals surface area contributed by atoms with Gasteiger partial charge in [0, 0.05) is 11.4 Å². The Labute approximate surface area is 106 Å². The molecule has 1 atom stereocenters. The Morgan fingerprint density at radius 3 is 3.06 bits per heavy atom. The molecule has 0 saturated heterocycles. The smallest absolute Gasteiger partial charge is 0.0673 e. The van der Waals surface area contributed by atoms with Gasteiger partial charge < -0.3 is 5.32 Å². The standard InChI is InChI=1S/C15H17NS/c1-2-11-5-6-12-7-8-16-15(13(12)10-11)14-4-3-9-17-14/h3-6,9-10,15-16H,2,7-8H2,1H3. The Hall–Kier alpha value is -1.12. The largest absolute Gasteiger partial charge is 0.305 e. The maximum Gasteiger partial charge on any atom is 0.0673 e. The summed E-state index contributed by atoms with van der Waals surface area (Å²) >= 11 is 1.84. The third kappa shape index (κ3) is 2.03. The first-order valence-corrected chi connectivity index (χ1v) is 7.15. The molecule has 1 unspecified atom stereocenters. The van der Waals surface area contributed by atoms with E-state index in [1.165, 1.54) is 21.6 Å². The number of nitrogens with one attached hydrogen (secondary N) is 1. The molecule has 1 aromatic heterocycles. The van der Waals surface area contributed by atoms with Crippen LogP contribution in [-0.4, -0.2) is 6.54 Å². The normalized spacial score (nSPS) is 19.0. The summed E-state index contributed by atoms with van der Waals surface area (Å²) in [7, 11) is 0. The fourth-order valence-corrected chi connectivity index (χ4v) is 3.35. The van der Waals surface area contributed by atoms with E-state index in [2.05, 4.69) is 48.0 Å². The number of benzene rings is 1. The van der Waals surface area contributed by atoms with Crippen molar-refractivity contribution in [3.8, 4) is 0 Å². The first-order chi connectivity index (χ1) is 8.38. The molecule has 2 aromatic rings. The maximum atomic E-state index is 3.64. The number of rotatable bonds is 2. The van der Waals surface area contributed by atoms with Gasteiger partial charge in [0.25, 0.3) is 0 Å². The van der Waals surface area contributed by atoms with Crippen LogP contribution >= 0.6 is 11.3 Å². The Morgan fingerprint density at radius 1 is 1.35 bits per heavy atom. The van der Waals surface area contributed by atoms with Crippen LogP contribution in [0.5, 0.6) is 0 Å². The van der Waals surface area contributed by atoms with Crippen molar-refractivity contribution in [2.24, 2.45) is 0 Å². The van der Waals surface area contributed by atoms with Gasteiger partial charge in [-0.15, -0.1) is 11.3 Å². The zero-order valence-electron chi connectivity index (χ0n) is 10.1. The van der Waals surface area contributed by atoms with Crippen LogP contribution in [0.1, 0.15) is 34.5 Å². The van der Waals surface area contributed by atoms with Gasteiger partial charge in [0.15, 0.2) is 0 Å². The molecule has 0 saturated carbocycles. The molecule has 0 amide bonds. The van der Waals surface area contributed by atoms with Crippen LogP contribution in [0, 0.1) is 0 Å². The van der Waals surface area contributed by atoms with E-state index in [0.29, 0.717) is 6.04 Å². The van der Waals surface area contributed by atoms with E-state index in [9.17, 15) is 0 Å². The van der Waals surface area contributed by atoms with Gasteiger partial charge in [0.05, 0.1) is 6.04 Å². The molecule has 88 valence electrons. The minimum Gasteiger partial charge on any atom is -0.305 e. The highest BCUT2D eigenvalue weighted by Gasteiger charge is 2.21. The monoisotopic (exact) mass is 243 g/mol. The van der Waals surface area contributed by atoms with Crippen molar-refractivity contribution >= 4 is 11.3 Å². The van der Waals surface area contributed by atoms with Gasteiger partial charge in [-0.25, -0.2) is 0 Å². The minimum absolute atomic E-state index is 0.408. The molecule has 1 N–H and O–H groups in total. The summed E-state index contributed by atoms with van der Waals surface area (Å²) in [4.78, 5) is 1.43. The highest BCUT2D eigenvalue weighted by Crippen LogP contribution is 2.31. The van der Waals surface area contributed by atoms with Crippen molar-refractivity contribution in [2.45, 2.75) is 25.8 Å². The lowest BCUT2D eigenvalue weighted by Crippen LogP contribution is -2.30. The molecule has 0 fully saturated rings. The molecule has 0 spiro atoms. The van der Waals surface area contributed by atoms with Crippen molar-refractivity contribution in [3.63, 3.8) is 0 Å². The van der Waals surface area contributed by atoms with Crippen LogP contribution in [0.4, 0.5) is 0 Å². The van der Waals surface area contributed by atoms with Gasteiger partial charge >= 0.3 is 0 Å². The zero-order valence-corrected chi connectivity index (χ0v) is 10.9. The molecule has 1 nitrogen and oxygen atoms in total. The van der Waals surface area contributed by atoms with Gasteiger partial charge in [-0.05, 0) is 41.0 Å². The molecule has 0 bridgehead atoms. The predicted octanol–water partition coefficient (Wildman–Crippen LogP) is 3.55. The van der Waals surface area contributed by atoms with Crippen LogP contribution in [0.2, 0.25) is 0 Å². The van der Waals surface area contributed by atoms with Crippen molar-refractivity contribution in [2.75, 3.05) is 6.54 Å². The fraction of sp³-hybridized carbons (Fsp3) is 0.333. The summed E-state index contributed by atoms with van der Waals surface area (Å²) in [5.41, 5.74) is 4.44. The highest BCUT2D eigenvalue weighted by atomic mass is 32.1. The first-order valence-electron chi connectivity index (χ1n) is 6.27. The highest BCUT2D eigenvalue weighted by molar-refractivity contribution is 7.10. The average molecular weight is 243 g/mol. The van der Waals surface area contributed by atoms with E-state index >= 15 is 0 Å². The van der Waals surface area contributed by atoms with E-state index in [0.717, 1.165) is 19.4 Å². The zero-order chi connectivity index (χ0) is 11.7. The molecule has 0 aliphatic carbocycles. The first kappa shape index (κ1) is 11.0. The van der Waals surface area contributed by atoms with E-state index in [-0.39, 0.29) is 0 Å². The van der Waals surface area contributed by atoms with Crippen LogP contribution in [-0.2, 0) is 12.8 Å². The molecule has 1 aliphatic heterocycles. The summed E-state index contributed by atoms with van der Waals surface area (Å²) in [5.74, 6) is 0. The Balaban J connectivity index is 2.06. The maximum absolute atomic E-state index is 3.64. The molecule has 17 heavy (non-hydrogen) atoms. The molecular weight excluding hydrogens is 226 g/mol. The van der Waals surface area contributed by atoms with Gasteiger partial charge in [-0.2, -0.15) is 0 Å². The van der Waals surface area contributed by atoms with Crippen LogP contribution in [0.15, 0.2) is 35.7 Å². The van der Waals surface area contributed by atoms with Gasteiger partial charge in [0.2, 0.25) is 0 Å². The van der Waals surface area contributed by atoms with Gasteiger partial charge in [-0.3, -0.25) is 0 Å². The van der Waals surface area contributed by atoms with Crippen LogP contribution in [0.3, 0.4) is 0 Å². The van der Waals surface area contributed by atoms with Crippen molar-refractivity contribution in [3.05, 3.63) is 57.3 Å². The summed E-state index contributed by atoms with van der Waals surface area (Å²) in [6.07, 6.45) is 2.27. The number of hydrogen-bond acceptors (Lipinski definition) is 2. The predicted molar refractivity (Wildman–Crippen MR) is 73.7 cm³/mol. The second-order valence-electron chi connectivity index (χ2n) is 4.54. The second-order valence-corrected chi connectivity index (χ2v) is 5.52. The van der Waals surface area contributed by atoms with Crippen molar-refractivity contribution in [1.29, 1.82) is 0 Å². The minimum atomic E-state index is 0.408. The number of thiophene rings is 1. The molecule has 0 radical (unpaired) electrons.